The van der Waals surface area contributed by atoms with Crippen LogP contribution < -0.4 is 10.1 Å². The van der Waals surface area contributed by atoms with Crippen molar-refractivity contribution in [2.75, 3.05) is 19.0 Å². The van der Waals surface area contributed by atoms with E-state index in [2.05, 4.69) is 17.4 Å². The van der Waals surface area contributed by atoms with Crippen molar-refractivity contribution >= 4 is 46.4 Å². The Morgan fingerprint density at radius 3 is 2.34 bits per heavy atom. The topological polar surface area (TPSA) is 38.3 Å². The molecule has 0 amide bonds. The highest BCUT2D eigenvalue weighted by molar-refractivity contribution is 7.98. The molecule has 3 nitrogen and oxygen atoms in total. The molecule has 0 saturated carbocycles. The normalized spacial score (nSPS) is 10.6. The molecule has 6 heteroatoms. The van der Waals surface area contributed by atoms with Gasteiger partial charge in [-0.3, -0.25) is 4.79 Å². The maximum atomic E-state index is 12.3. The summed E-state index contributed by atoms with van der Waals surface area (Å²) in [7, 11) is 1.61. The molecule has 3 rings (SSSR count). The Morgan fingerprint density at radius 1 is 0.966 bits per heavy atom. The van der Waals surface area contributed by atoms with Crippen LogP contribution in [0.25, 0.3) is 0 Å². The standard InChI is InChI=1S/C23H21Cl2NO2S/c1-28-19-7-3-17(4-8-19)23(27)12-13-26-18-5-9-20(10-6-18)29-15-16-2-11-21(24)22(25)14-16/h2-11,14,26H,12-13,15H2,1H3. The number of nitrogens with one attached hydrogen (secondary N) is 1. The molecule has 1 N–H and O–H groups in total. The van der Waals surface area contributed by atoms with Crippen molar-refractivity contribution in [3.05, 3.63) is 87.9 Å². The molecule has 0 saturated heterocycles. The first-order chi connectivity index (χ1) is 14.0. The number of rotatable bonds is 9. The van der Waals surface area contributed by atoms with Crippen molar-refractivity contribution in [3.63, 3.8) is 0 Å². The van der Waals surface area contributed by atoms with E-state index in [9.17, 15) is 4.79 Å². The summed E-state index contributed by atoms with van der Waals surface area (Å²) in [4.78, 5) is 13.4. The molecule has 0 aliphatic heterocycles. The van der Waals surface area contributed by atoms with E-state index < -0.39 is 0 Å². The number of halogens is 2. The summed E-state index contributed by atoms with van der Waals surface area (Å²) >= 11 is 13.7. The van der Waals surface area contributed by atoms with Crippen molar-refractivity contribution < 1.29 is 9.53 Å². The van der Waals surface area contributed by atoms with Crippen LogP contribution in [0, 0.1) is 0 Å². The molecule has 0 spiro atoms. The van der Waals surface area contributed by atoms with Crippen LogP contribution in [0.4, 0.5) is 5.69 Å². The number of hydrogen-bond acceptors (Lipinski definition) is 4. The minimum atomic E-state index is 0.106. The van der Waals surface area contributed by atoms with Crippen molar-refractivity contribution in [1.82, 2.24) is 0 Å². The highest BCUT2D eigenvalue weighted by Gasteiger charge is 2.06. The van der Waals surface area contributed by atoms with Crippen molar-refractivity contribution in [2.24, 2.45) is 0 Å². The van der Waals surface area contributed by atoms with Gasteiger partial charge in [-0.15, -0.1) is 11.8 Å². The lowest BCUT2D eigenvalue weighted by Crippen LogP contribution is -2.08. The molecule has 0 aromatic heterocycles. The van der Waals surface area contributed by atoms with E-state index in [0.29, 0.717) is 28.6 Å². The van der Waals surface area contributed by atoms with Crippen LogP contribution in [0.5, 0.6) is 5.75 Å². The van der Waals surface area contributed by atoms with Crippen LogP contribution in [0.2, 0.25) is 10.0 Å². The van der Waals surface area contributed by atoms with Gasteiger partial charge in [-0.2, -0.15) is 0 Å². The zero-order valence-corrected chi connectivity index (χ0v) is 18.3. The molecule has 0 fully saturated rings. The maximum absolute atomic E-state index is 12.3. The lowest BCUT2D eigenvalue weighted by molar-refractivity contribution is 0.0986. The lowest BCUT2D eigenvalue weighted by atomic mass is 10.1. The van der Waals surface area contributed by atoms with Gasteiger partial charge >= 0.3 is 0 Å². The third-order valence-electron chi connectivity index (χ3n) is 4.34. The smallest absolute Gasteiger partial charge is 0.164 e. The van der Waals surface area contributed by atoms with Gasteiger partial charge in [0.2, 0.25) is 0 Å². The summed E-state index contributed by atoms with van der Waals surface area (Å²) in [5.74, 6) is 1.67. The molecule has 0 aliphatic rings. The number of carbonyl (C=O) groups excluding carboxylic acids is 1. The number of Topliss-reactive ketones (excluding diaryl/α,β-unsaturated/α-hetero) is 1. The van der Waals surface area contributed by atoms with Crippen LogP contribution >= 0.6 is 35.0 Å². The second-order valence-electron chi connectivity index (χ2n) is 6.39. The Bertz CT molecular complexity index is 960. The number of hydrogen-bond donors (Lipinski definition) is 1. The quantitative estimate of drug-likeness (QED) is 0.284. The Balaban J connectivity index is 1.45. The number of ether oxygens (including phenoxy) is 1. The van der Waals surface area contributed by atoms with E-state index in [0.717, 1.165) is 27.6 Å². The Hall–Kier alpha value is -2.14. The van der Waals surface area contributed by atoms with Gasteiger partial charge in [0.1, 0.15) is 5.75 Å². The molecule has 29 heavy (non-hydrogen) atoms. The third-order valence-corrected chi connectivity index (χ3v) is 6.16. The molecule has 150 valence electrons. The summed E-state index contributed by atoms with van der Waals surface area (Å²) in [5.41, 5.74) is 2.82. The molecular formula is C23H21Cl2NO2S. The molecule has 0 unspecified atom stereocenters. The molecule has 0 bridgehead atoms. The van der Waals surface area contributed by atoms with E-state index in [1.54, 1.807) is 43.1 Å². The van der Waals surface area contributed by atoms with Gasteiger partial charge in [-0.05, 0) is 66.2 Å². The Kier molecular flexibility index (Phi) is 7.87. The van der Waals surface area contributed by atoms with Gasteiger partial charge in [-0.25, -0.2) is 0 Å². The van der Waals surface area contributed by atoms with Gasteiger partial charge in [0.05, 0.1) is 17.2 Å². The second kappa shape index (κ2) is 10.6. The molecule has 3 aromatic rings. The molecule has 0 atom stereocenters. The second-order valence-corrected chi connectivity index (χ2v) is 8.25. The highest BCUT2D eigenvalue weighted by atomic mass is 35.5. The average molecular weight is 446 g/mol. The van der Waals surface area contributed by atoms with Crippen molar-refractivity contribution in [3.8, 4) is 5.75 Å². The molecule has 0 aliphatic carbocycles. The molecular weight excluding hydrogens is 425 g/mol. The zero-order chi connectivity index (χ0) is 20.6. The van der Waals surface area contributed by atoms with Crippen LogP contribution in [-0.4, -0.2) is 19.4 Å². The number of ketones is 1. The molecule has 3 aromatic carbocycles. The van der Waals surface area contributed by atoms with Crippen LogP contribution in [-0.2, 0) is 5.75 Å². The van der Waals surface area contributed by atoms with E-state index in [-0.39, 0.29) is 5.78 Å². The fraction of sp³-hybridized carbons (Fsp3) is 0.174. The first-order valence-electron chi connectivity index (χ1n) is 9.13. The van der Waals surface area contributed by atoms with Crippen molar-refractivity contribution in [1.29, 1.82) is 0 Å². The predicted octanol–water partition coefficient (Wildman–Crippen LogP) is 6.98. The summed E-state index contributed by atoms with van der Waals surface area (Å²) in [6.07, 6.45) is 0.431. The summed E-state index contributed by atoms with van der Waals surface area (Å²) in [6.45, 7) is 0.584. The Morgan fingerprint density at radius 2 is 1.69 bits per heavy atom. The minimum absolute atomic E-state index is 0.106. The summed E-state index contributed by atoms with van der Waals surface area (Å²) in [5, 5.41) is 4.44. The van der Waals surface area contributed by atoms with Crippen LogP contribution in [0.15, 0.2) is 71.6 Å². The average Bonchev–Trinajstić information content (AvgIpc) is 2.75. The SMILES string of the molecule is COc1ccc(C(=O)CCNc2ccc(SCc3ccc(Cl)c(Cl)c3)cc2)cc1. The van der Waals surface area contributed by atoms with Crippen LogP contribution in [0.3, 0.4) is 0 Å². The number of benzene rings is 3. The van der Waals surface area contributed by atoms with Gasteiger partial charge < -0.3 is 10.1 Å². The fourth-order valence-electron chi connectivity index (χ4n) is 2.71. The summed E-state index contributed by atoms with van der Waals surface area (Å²) in [6, 6.07) is 21.1. The fourth-order valence-corrected chi connectivity index (χ4v) is 3.87. The van der Waals surface area contributed by atoms with Gasteiger partial charge in [0.25, 0.3) is 0 Å². The molecule has 0 radical (unpaired) electrons. The van der Waals surface area contributed by atoms with Gasteiger partial charge in [-0.1, -0.05) is 29.3 Å². The van der Waals surface area contributed by atoms with Gasteiger partial charge in [0.15, 0.2) is 5.78 Å². The van der Waals surface area contributed by atoms with E-state index >= 15 is 0 Å². The monoisotopic (exact) mass is 445 g/mol. The first kappa shape index (κ1) is 21.6. The first-order valence-corrected chi connectivity index (χ1v) is 10.9. The lowest BCUT2D eigenvalue weighted by Gasteiger charge is -2.08. The predicted molar refractivity (Wildman–Crippen MR) is 123 cm³/mol. The van der Waals surface area contributed by atoms with E-state index in [1.807, 2.05) is 30.3 Å². The van der Waals surface area contributed by atoms with Crippen LogP contribution in [0.1, 0.15) is 22.3 Å². The van der Waals surface area contributed by atoms with E-state index in [1.165, 1.54) is 0 Å². The Labute approximate surface area is 185 Å². The number of methoxy groups -OCH3 is 1. The number of anilines is 1. The number of thioether (sulfide) groups is 1. The zero-order valence-electron chi connectivity index (χ0n) is 16.0. The third kappa shape index (κ3) is 6.43. The van der Waals surface area contributed by atoms with E-state index in [4.69, 9.17) is 27.9 Å². The summed E-state index contributed by atoms with van der Waals surface area (Å²) < 4.78 is 5.11. The minimum Gasteiger partial charge on any atom is -0.497 e. The van der Waals surface area contributed by atoms with Gasteiger partial charge in [0, 0.05) is 34.9 Å². The largest absolute Gasteiger partial charge is 0.497 e. The highest BCUT2D eigenvalue weighted by Crippen LogP contribution is 2.28. The van der Waals surface area contributed by atoms with Crippen molar-refractivity contribution in [2.45, 2.75) is 17.1 Å². The number of carbonyl (C=O) groups is 1. The molecule has 0 heterocycles. The maximum Gasteiger partial charge on any atom is 0.164 e.